The minimum atomic E-state index is -0.832. The smallest absolute Gasteiger partial charge is 0.338 e. The van der Waals surface area contributed by atoms with Crippen molar-refractivity contribution in [3.63, 3.8) is 0 Å². The summed E-state index contributed by atoms with van der Waals surface area (Å²) in [4.78, 5) is 42.7. The number of allylic oxidation sites excluding steroid dienone is 1. The lowest BCUT2D eigenvalue weighted by molar-refractivity contribution is -0.384. The lowest BCUT2D eigenvalue weighted by atomic mass is 9.96. The summed E-state index contributed by atoms with van der Waals surface area (Å²) in [5.41, 5.74) is 3.54. The second-order valence-corrected chi connectivity index (χ2v) is 11.0. The summed E-state index contributed by atoms with van der Waals surface area (Å²) < 4.78 is 23.1. The fourth-order valence-electron chi connectivity index (χ4n) is 5.33. The number of fused-ring (bicyclic) bond motifs is 2. The summed E-state index contributed by atoms with van der Waals surface area (Å²) >= 11 is 1.21. The Balaban J connectivity index is 1.48. The Morgan fingerprint density at radius 3 is 2.53 bits per heavy atom. The molecule has 216 valence electrons. The van der Waals surface area contributed by atoms with Gasteiger partial charge in [-0.2, -0.15) is 0 Å². The Kier molecular flexibility index (Phi) is 7.32. The predicted octanol–water partition coefficient (Wildman–Crippen LogP) is 4.85. The van der Waals surface area contributed by atoms with E-state index in [1.165, 1.54) is 40.2 Å². The first-order valence-corrected chi connectivity index (χ1v) is 14.3. The third kappa shape index (κ3) is 5.19. The molecular formula is C32H25FN4O5S. The van der Waals surface area contributed by atoms with Gasteiger partial charge in [-0.1, -0.05) is 53.8 Å². The largest absolute Gasteiger partial charge is 0.463 e. The van der Waals surface area contributed by atoms with E-state index in [0.717, 1.165) is 22.0 Å². The summed E-state index contributed by atoms with van der Waals surface area (Å²) in [6.07, 6.45) is 3.75. The van der Waals surface area contributed by atoms with Crippen LogP contribution in [0.4, 0.5) is 10.1 Å². The highest BCUT2D eigenvalue weighted by molar-refractivity contribution is 7.07. The number of para-hydroxylation sites is 1. The van der Waals surface area contributed by atoms with Gasteiger partial charge in [0.25, 0.3) is 11.2 Å². The third-order valence-corrected chi connectivity index (χ3v) is 8.29. The molecule has 0 fully saturated rings. The Labute approximate surface area is 248 Å². The van der Waals surface area contributed by atoms with E-state index in [4.69, 9.17) is 4.74 Å². The number of nitrogens with zero attached hydrogens (tertiary/aromatic N) is 4. The van der Waals surface area contributed by atoms with Crippen LogP contribution in [0.1, 0.15) is 36.6 Å². The van der Waals surface area contributed by atoms with Gasteiger partial charge in [-0.3, -0.25) is 19.5 Å². The van der Waals surface area contributed by atoms with Crippen LogP contribution in [0.15, 0.2) is 100 Å². The Morgan fingerprint density at radius 1 is 1.12 bits per heavy atom. The maximum Gasteiger partial charge on any atom is 0.338 e. The first kappa shape index (κ1) is 28.0. The second kappa shape index (κ2) is 11.3. The van der Waals surface area contributed by atoms with E-state index in [9.17, 15) is 24.1 Å². The van der Waals surface area contributed by atoms with Crippen LogP contribution in [-0.4, -0.2) is 26.6 Å². The average Bonchev–Trinajstić information content (AvgIpc) is 3.49. The zero-order chi connectivity index (χ0) is 30.2. The van der Waals surface area contributed by atoms with Crippen molar-refractivity contribution in [2.75, 3.05) is 6.61 Å². The van der Waals surface area contributed by atoms with Crippen LogP contribution in [0.25, 0.3) is 17.0 Å². The number of carbonyl (C=O) groups is 1. The number of thiazole rings is 1. The molecule has 0 aliphatic carbocycles. The van der Waals surface area contributed by atoms with Gasteiger partial charge in [0.1, 0.15) is 5.82 Å². The van der Waals surface area contributed by atoms with Gasteiger partial charge < -0.3 is 9.30 Å². The molecule has 2 aromatic heterocycles. The minimum Gasteiger partial charge on any atom is -0.463 e. The molecule has 0 bridgehead atoms. The van der Waals surface area contributed by atoms with Crippen molar-refractivity contribution in [1.29, 1.82) is 0 Å². The molecular weight excluding hydrogens is 571 g/mol. The topological polar surface area (TPSA) is 109 Å². The number of aromatic nitrogens is 2. The molecule has 0 radical (unpaired) electrons. The second-order valence-electron chi connectivity index (χ2n) is 10.0. The number of nitro groups is 1. The number of rotatable bonds is 7. The van der Waals surface area contributed by atoms with Crippen LogP contribution in [0, 0.1) is 15.9 Å². The number of carbonyl (C=O) groups excluding carboxylic acids is 1. The lowest BCUT2D eigenvalue weighted by Crippen LogP contribution is -2.39. The van der Waals surface area contributed by atoms with Crippen LogP contribution in [0.2, 0.25) is 0 Å². The SMILES string of the molecule is CCOC(=O)C1=C(C)N=c2s/c(=C\c3cn(Cc4ccc([N+](=O)[O-])cc4)c4ccccc34)c(=O)n2[C@@H]1c1ccc(F)cc1. The van der Waals surface area contributed by atoms with Gasteiger partial charge in [0.05, 0.1) is 33.4 Å². The third-order valence-electron chi connectivity index (χ3n) is 7.31. The molecule has 1 aliphatic heterocycles. The van der Waals surface area contributed by atoms with Crippen LogP contribution in [-0.2, 0) is 16.1 Å². The van der Waals surface area contributed by atoms with E-state index in [-0.39, 0.29) is 23.4 Å². The molecule has 43 heavy (non-hydrogen) atoms. The van der Waals surface area contributed by atoms with Crippen LogP contribution in [0.3, 0.4) is 0 Å². The number of benzene rings is 3. The molecule has 5 aromatic rings. The molecule has 11 heteroatoms. The monoisotopic (exact) mass is 596 g/mol. The number of nitro benzene ring substituents is 1. The summed E-state index contributed by atoms with van der Waals surface area (Å²) in [7, 11) is 0. The van der Waals surface area contributed by atoms with Crippen LogP contribution in [0.5, 0.6) is 0 Å². The van der Waals surface area contributed by atoms with Crippen molar-refractivity contribution in [1.82, 2.24) is 9.13 Å². The van der Waals surface area contributed by atoms with Gasteiger partial charge in [0, 0.05) is 41.3 Å². The molecule has 1 atom stereocenters. The summed E-state index contributed by atoms with van der Waals surface area (Å²) in [6, 6.07) is 19.1. The fraction of sp³-hybridized carbons (Fsp3) is 0.156. The number of hydrogen-bond acceptors (Lipinski definition) is 7. The molecule has 9 nitrogen and oxygen atoms in total. The molecule has 0 saturated carbocycles. The lowest BCUT2D eigenvalue weighted by Gasteiger charge is -2.24. The van der Waals surface area contributed by atoms with Gasteiger partial charge in [0.15, 0.2) is 4.80 Å². The van der Waals surface area contributed by atoms with Crippen molar-refractivity contribution in [2.24, 2.45) is 4.99 Å². The molecule has 0 N–H and O–H groups in total. The molecule has 6 rings (SSSR count). The van der Waals surface area contributed by atoms with E-state index in [2.05, 4.69) is 4.99 Å². The maximum atomic E-state index is 14.0. The minimum absolute atomic E-state index is 0.0254. The number of non-ortho nitro benzene ring substituents is 1. The van der Waals surface area contributed by atoms with E-state index in [1.54, 1.807) is 38.1 Å². The van der Waals surface area contributed by atoms with Gasteiger partial charge in [-0.25, -0.2) is 14.2 Å². The standard InChI is InChI=1S/C32H25FN4O5S/c1-3-42-31(39)28-19(2)34-32-36(29(28)21-10-12-23(33)13-11-21)30(38)27(43-32)16-22-18-35(26-7-5-4-6-25(22)26)17-20-8-14-24(15-9-20)37(40)41/h4-16,18,29H,3,17H2,1-2H3/b27-16-/t29-/m1/s1. The predicted molar refractivity (Wildman–Crippen MR) is 161 cm³/mol. The van der Waals surface area contributed by atoms with Gasteiger partial charge in [-0.05, 0) is 49.2 Å². The maximum absolute atomic E-state index is 14.0. The van der Waals surface area contributed by atoms with E-state index in [1.807, 2.05) is 41.1 Å². The summed E-state index contributed by atoms with van der Waals surface area (Å²) in [6.45, 7) is 4.03. The molecule has 3 aromatic carbocycles. The number of ether oxygens (including phenoxy) is 1. The Bertz CT molecular complexity index is 2110. The molecule has 0 spiro atoms. The van der Waals surface area contributed by atoms with Crippen LogP contribution < -0.4 is 14.9 Å². The zero-order valence-electron chi connectivity index (χ0n) is 23.2. The number of esters is 1. The number of halogens is 1. The molecule has 1 aliphatic rings. The van der Waals surface area contributed by atoms with E-state index < -0.39 is 22.8 Å². The molecule has 0 amide bonds. The molecule has 3 heterocycles. The highest BCUT2D eigenvalue weighted by atomic mass is 32.1. The Hall–Kier alpha value is -5.16. The van der Waals surface area contributed by atoms with Crippen molar-refractivity contribution < 1.29 is 18.8 Å². The van der Waals surface area contributed by atoms with Crippen LogP contribution >= 0.6 is 11.3 Å². The van der Waals surface area contributed by atoms with Crippen molar-refractivity contribution in [2.45, 2.75) is 26.4 Å². The average molecular weight is 597 g/mol. The highest BCUT2D eigenvalue weighted by Gasteiger charge is 2.33. The summed E-state index contributed by atoms with van der Waals surface area (Å²) in [5.74, 6) is -1.01. The van der Waals surface area contributed by atoms with Crippen molar-refractivity contribution in [3.8, 4) is 0 Å². The summed E-state index contributed by atoms with van der Waals surface area (Å²) in [5, 5.41) is 12.0. The molecule has 0 saturated heterocycles. The van der Waals surface area contributed by atoms with Crippen molar-refractivity contribution >= 4 is 40.0 Å². The number of hydrogen-bond donors (Lipinski definition) is 0. The van der Waals surface area contributed by atoms with Gasteiger partial charge >= 0.3 is 5.97 Å². The first-order valence-electron chi connectivity index (χ1n) is 13.5. The van der Waals surface area contributed by atoms with Gasteiger partial charge in [-0.15, -0.1) is 0 Å². The Morgan fingerprint density at radius 2 is 1.84 bits per heavy atom. The highest BCUT2D eigenvalue weighted by Crippen LogP contribution is 2.31. The molecule has 0 unspecified atom stereocenters. The van der Waals surface area contributed by atoms with E-state index >= 15 is 0 Å². The fourth-order valence-corrected chi connectivity index (χ4v) is 6.37. The van der Waals surface area contributed by atoms with E-state index in [0.29, 0.717) is 27.1 Å². The quantitative estimate of drug-likeness (QED) is 0.152. The van der Waals surface area contributed by atoms with Crippen molar-refractivity contribution in [3.05, 3.63) is 143 Å². The zero-order valence-corrected chi connectivity index (χ0v) is 24.0. The first-order chi connectivity index (χ1) is 20.7. The van der Waals surface area contributed by atoms with Gasteiger partial charge in [0.2, 0.25) is 0 Å². The normalized spacial score (nSPS) is 15.0.